The quantitative estimate of drug-likeness (QED) is 0.276. The topological polar surface area (TPSA) is 112 Å². The van der Waals surface area contributed by atoms with Gasteiger partial charge in [-0.05, 0) is 74.1 Å². The third-order valence-electron chi connectivity index (χ3n) is 7.16. The molecule has 1 saturated heterocycles. The molecule has 4 aromatic rings. The van der Waals surface area contributed by atoms with E-state index < -0.39 is 5.91 Å². The molecular formula is C31H34N6O3. The Kier molecular flexibility index (Phi) is 7.82. The standard InChI is InChI=1S/C31H34N6O3/c1-20(2)34-29-11-9-25(17-32-29)30(39)35-27-16-24(8-10-28(27)38)31(40)37-14-12-23(13-15-37)21-4-6-22(7-5-21)26-18-33-36(3)19-26/h4-11,16-20,23,38H,12-15H2,1-3H3,(H,32,34)(H,35,39). The average Bonchev–Trinajstić information content (AvgIpc) is 3.40. The molecule has 1 aliphatic rings. The van der Waals surface area contributed by atoms with Crippen LogP contribution in [0.3, 0.4) is 0 Å². The number of likely N-dealkylation sites (tertiary alicyclic amines) is 1. The molecular weight excluding hydrogens is 504 g/mol. The first-order valence-electron chi connectivity index (χ1n) is 13.5. The molecule has 9 nitrogen and oxygen atoms in total. The molecule has 0 radical (unpaired) electrons. The molecule has 40 heavy (non-hydrogen) atoms. The molecule has 0 aliphatic carbocycles. The molecule has 1 fully saturated rings. The number of aryl methyl sites for hydroxylation is 1. The number of aromatic hydroxyl groups is 1. The maximum Gasteiger partial charge on any atom is 0.257 e. The van der Waals surface area contributed by atoms with E-state index in [1.807, 2.05) is 38.2 Å². The zero-order chi connectivity index (χ0) is 28.2. The lowest BCUT2D eigenvalue weighted by atomic mass is 9.88. The van der Waals surface area contributed by atoms with E-state index in [1.165, 1.54) is 23.9 Å². The highest BCUT2D eigenvalue weighted by Crippen LogP contribution is 2.31. The van der Waals surface area contributed by atoms with Gasteiger partial charge in [0.2, 0.25) is 0 Å². The number of nitrogens with one attached hydrogen (secondary N) is 2. The lowest BCUT2D eigenvalue weighted by Gasteiger charge is -2.32. The normalized spacial score (nSPS) is 13.8. The van der Waals surface area contributed by atoms with Crippen LogP contribution in [0.15, 0.2) is 73.2 Å². The number of hydrogen-bond donors (Lipinski definition) is 3. The Morgan fingerprint density at radius 1 is 0.950 bits per heavy atom. The van der Waals surface area contributed by atoms with Gasteiger partial charge >= 0.3 is 0 Å². The van der Waals surface area contributed by atoms with Crippen LogP contribution < -0.4 is 10.6 Å². The monoisotopic (exact) mass is 538 g/mol. The Bertz CT molecular complexity index is 1490. The van der Waals surface area contributed by atoms with Crippen molar-refractivity contribution in [3.05, 3.63) is 89.9 Å². The summed E-state index contributed by atoms with van der Waals surface area (Å²) in [6, 6.07) is 16.8. The van der Waals surface area contributed by atoms with E-state index in [9.17, 15) is 14.7 Å². The minimum absolute atomic E-state index is 0.107. The van der Waals surface area contributed by atoms with Crippen molar-refractivity contribution < 1.29 is 14.7 Å². The molecule has 0 bridgehead atoms. The van der Waals surface area contributed by atoms with Crippen molar-refractivity contribution in [1.29, 1.82) is 0 Å². The lowest BCUT2D eigenvalue weighted by Crippen LogP contribution is -2.37. The van der Waals surface area contributed by atoms with Gasteiger partial charge in [0.1, 0.15) is 11.6 Å². The van der Waals surface area contributed by atoms with Crippen molar-refractivity contribution in [2.24, 2.45) is 7.05 Å². The van der Waals surface area contributed by atoms with Crippen molar-refractivity contribution in [2.75, 3.05) is 23.7 Å². The molecule has 3 heterocycles. The highest BCUT2D eigenvalue weighted by Gasteiger charge is 2.25. The molecule has 1 aliphatic heterocycles. The predicted molar refractivity (Wildman–Crippen MR) is 156 cm³/mol. The Balaban J connectivity index is 1.19. The van der Waals surface area contributed by atoms with Gasteiger partial charge < -0.3 is 20.6 Å². The first-order valence-corrected chi connectivity index (χ1v) is 13.5. The summed E-state index contributed by atoms with van der Waals surface area (Å²) in [6.45, 7) is 5.28. The Morgan fingerprint density at radius 3 is 2.30 bits per heavy atom. The number of amides is 2. The summed E-state index contributed by atoms with van der Waals surface area (Å²) in [7, 11) is 1.91. The number of aromatic nitrogens is 3. The van der Waals surface area contributed by atoms with Crippen molar-refractivity contribution >= 4 is 23.3 Å². The smallest absolute Gasteiger partial charge is 0.257 e. The molecule has 2 aromatic carbocycles. The van der Waals surface area contributed by atoms with Gasteiger partial charge in [-0.25, -0.2) is 4.98 Å². The van der Waals surface area contributed by atoms with E-state index >= 15 is 0 Å². The minimum Gasteiger partial charge on any atom is -0.506 e. The summed E-state index contributed by atoms with van der Waals surface area (Å²) in [4.78, 5) is 32.2. The summed E-state index contributed by atoms with van der Waals surface area (Å²) in [5.74, 6) is 0.416. The van der Waals surface area contributed by atoms with Crippen molar-refractivity contribution in [2.45, 2.75) is 38.6 Å². The molecule has 0 unspecified atom stereocenters. The largest absolute Gasteiger partial charge is 0.506 e. The van der Waals surface area contributed by atoms with Crippen molar-refractivity contribution in [3.63, 3.8) is 0 Å². The van der Waals surface area contributed by atoms with E-state index in [0.29, 0.717) is 36.0 Å². The number of carbonyl (C=O) groups excluding carboxylic acids is 2. The van der Waals surface area contributed by atoms with Gasteiger partial charge in [-0.15, -0.1) is 0 Å². The van der Waals surface area contributed by atoms with Crippen molar-refractivity contribution in [3.8, 4) is 16.9 Å². The van der Waals surface area contributed by atoms with E-state index in [4.69, 9.17) is 0 Å². The van der Waals surface area contributed by atoms with Crippen LogP contribution in [0.2, 0.25) is 0 Å². The van der Waals surface area contributed by atoms with Crippen LogP contribution in [-0.4, -0.2) is 55.7 Å². The zero-order valence-corrected chi connectivity index (χ0v) is 23.0. The number of phenols is 1. The van der Waals surface area contributed by atoms with Gasteiger partial charge in [-0.1, -0.05) is 24.3 Å². The van der Waals surface area contributed by atoms with Crippen LogP contribution in [0, 0.1) is 0 Å². The van der Waals surface area contributed by atoms with Gasteiger partial charge in [0.15, 0.2) is 0 Å². The van der Waals surface area contributed by atoms with Crippen molar-refractivity contribution in [1.82, 2.24) is 19.7 Å². The second kappa shape index (κ2) is 11.6. The Labute approximate surface area is 233 Å². The number of rotatable bonds is 7. The summed E-state index contributed by atoms with van der Waals surface area (Å²) in [6.07, 6.45) is 7.07. The molecule has 0 atom stereocenters. The molecule has 2 aromatic heterocycles. The Morgan fingerprint density at radius 2 is 1.68 bits per heavy atom. The lowest BCUT2D eigenvalue weighted by molar-refractivity contribution is 0.0712. The summed E-state index contributed by atoms with van der Waals surface area (Å²) < 4.78 is 1.79. The minimum atomic E-state index is -0.418. The second-order valence-electron chi connectivity index (χ2n) is 10.5. The second-order valence-corrected chi connectivity index (χ2v) is 10.5. The third kappa shape index (κ3) is 6.14. The molecule has 2 amide bonds. The number of phenolic OH excluding ortho intramolecular Hbond substituents is 1. The van der Waals surface area contributed by atoms with Crippen LogP contribution >= 0.6 is 0 Å². The number of benzene rings is 2. The first-order chi connectivity index (χ1) is 19.3. The molecule has 5 rings (SSSR count). The van der Waals surface area contributed by atoms with E-state index in [-0.39, 0.29) is 23.4 Å². The number of pyridine rings is 1. The van der Waals surface area contributed by atoms with Gasteiger partial charge in [0.25, 0.3) is 11.8 Å². The maximum atomic E-state index is 13.3. The van der Waals surface area contributed by atoms with Gasteiger partial charge in [-0.2, -0.15) is 5.10 Å². The number of anilines is 2. The summed E-state index contributed by atoms with van der Waals surface area (Å²) in [5, 5.41) is 20.5. The molecule has 206 valence electrons. The fourth-order valence-corrected chi connectivity index (χ4v) is 4.99. The Hall–Kier alpha value is -4.66. The first kappa shape index (κ1) is 26.9. The number of nitrogens with zero attached hydrogens (tertiary/aromatic N) is 4. The van der Waals surface area contributed by atoms with Crippen LogP contribution in [0.5, 0.6) is 5.75 Å². The van der Waals surface area contributed by atoms with Crippen LogP contribution in [-0.2, 0) is 7.05 Å². The van der Waals surface area contributed by atoms with Gasteiger partial charge in [0, 0.05) is 49.7 Å². The predicted octanol–water partition coefficient (Wildman–Crippen LogP) is 5.28. The van der Waals surface area contributed by atoms with Crippen LogP contribution in [0.4, 0.5) is 11.5 Å². The summed E-state index contributed by atoms with van der Waals surface area (Å²) >= 11 is 0. The third-order valence-corrected chi connectivity index (χ3v) is 7.16. The highest BCUT2D eigenvalue weighted by molar-refractivity contribution is 6.06. The number of hydrogen-bond acceptors (Lipinski definition) is 6. The zero-order valence-electron chi connectivity index (χ0n) is 23.0. The molecule has 0 saturated carbocycles. The number of piperidine rings is 1. The van der Waals surface area contributed by atoms with Crippen LogP contribution in [0.1, 0.15) is 58.9 Å². The van der Waals surface area contributed by atoms with Gasteiger partial charge in [-0.3, -0.25) is 14.3 Å². The van der Waals surface area contributed by atoms with Crippen LogP contribution in [0.25, 0.3) is 11.1 Å². The highest BCUT2D eigenvalue weighted by atomic mass is 16.3. The van der Waals surface area contributed by atoms with E-state index in [1.54, 1.807) is 22.9 Å². The average molecular weight is 539 g/mol. The fourth-order valence-electron chi connectivity index (χ4n) is 4.99. The van der Waals surface area contributed by atoms with E-state index in [2.05, 4.69) is 45.0 Å². The number of carbonyl (C=O) groups is 2. The SMILES string of the molecule is CC(C)Nc1ccc(C(=O)Nc2cc(C(=O)N3CCC(c4ccc(-c5cnn(C)c5)cc4)CC3)ccc2O)cn1. The molecule has 3 N–H and O–H groups in total. The van der Waals surface area contributed by atoms with Gasteiger partial charge in [0.05, 0.1) is 17.4 Å². The molecule has 0 spiro atoms. The summed E-state index contributed by atoms with van der Waals surface area (Å²) in [5.41, 5.74) is 4.45. The molecule has 9 heteroatoms. The fraction of sp³-hybridized carbons (Fsp3) is 0.290. The van der Waals surface area contributed by atoms with E-state index in [0.717, 1.165) is 24.0 Å². The maximum absolute atomic E-state index is 13.3.